The third-order valence-corrected chi connectivity index (χ3v) is 5.56. The van der Waals surface area contributed by atoms with Crippen molar-refractivity contribution < 1.29 is 14.6 Å². The molecule has 6 N–H and O–H groups in total. The van der Waals surface area contributed by atoms with Crippen molar-refractivity contribution in [3.05, 3.63) is 82.7 Å². The quantitative estimate of drug-likeness (QED) is 0.168. The molecule has 0 saturated heterocycles. The lowest BCUT2D eigenvalue weighted by atomic mass is 10.0. The second-order valence-electron chi connectivity index (χ2n) is 8.20. The van der Waals surface area contributed by atoms with Gasteiger partial charge in [-0.2, -0.15) is 0 Å². The van der Waals surface area contributed by atoms with Crippen molar-refractivity contribution in [2.75, 3.05) is 14.2 Å². The van der Waals surface area contributed by atoms with Crippen LogP contribution in [0.2, 0.25) is 0 Å². The van der Waals surface area contributed by atoms with E-state index >= 15 is 0 Å². The first-order valence-corrected chi connectivity index (χ1v) is 10.7. The fourth-order valence-electron chi connectivity index (χ4n) is 3.69. The van der Waals surface area contributed by atoms with Crippen LogP contribution in [0, 0.1) is 24.2 Å². The zero-order valence-electron chi connectivity index (χ0n) is 19.7. The maximum absolute atomic E-state index is 11.5. The lowest BCUT2D eigenvalue weighted by Gasteiger charge is -2.09. The lowest BCUT2D eigenvalue weighted by molar-refractivity contribution is -0.135. The number of benzene rings is 2. The minimum absolute atomic E-state index is 0.0969. The molecule has 7 nitrogen and oxygen atoms in total. The maximum Gasteiger partial charge on any atom is 0.339 e. The number of aryl methyl sites for hydroxylation is 1. The highest BCUT2D eigenvalue weighted by Gasteiger charge is 2.41. The first-order chi connectivity index (χ1) is 15.7. The molecule has 1 fully saturated rings. The number of carbonyl (C=O) groups is 1. The molecule has 1 aliphatic carbocycles. The summed E-state index contributed by atoms with van der Waals surface area (Å²) >= 11 is 0. The minimum atomic E-state index is -0.480. The summed E-state index contributed by atoms with van der Waals surface area (Å²) in [5.41, 5.74) is 12.3. The van der Waals surface area contributed by atoms with E-state index in [0.29, 0.717) is 11.3 Å². The summed E-state index contributed by atoms with van der Waals surface area (Å²) < 4.78 is 4.64. The highest BCUT2D eigenvalue weighted by atomic mass is 16.5. The number of carbonyl (C=O) groups excluding carboxylic acids is 1. The topological polar surface area (TPSA) is 126 Å². The first-order valence-electron chi connectivity index (χ1n) is 10.7. The number of hydrogen-bond acceptors (Lipinski definition) is 7. The number of hydrazine groups is 1. The van der Waals surface area contributed by atoms with E-state index in [2.05, 4.69) is 42.0 Å². The molecule has 7 heteroatoms. The van der Waals surface area contributed by atoms with Gasteiger partial charge in [-0.05, 0) is 48.9 Å². The number of aliphatic hydroxyl groups excluding tert-OH is 1. The molecule has 0 radical (unpaired) electrons. The Kier molecular flexibility index (Phi) is 9.39. The summed E-state index contributed by atoms with van der Waals surface area (Å²) in [6, 6.07) is 16.4. The Bertz CT molecular complexity index is 1040. The van der Waals surface area contributed by atoms with Crippen molar-refractivity contribution in [2.24, 2.45) is 23.4 Å². The molecule has 0 aromatic heterocycles. The Hall–Kier alpha value is -3.42. The number of nitrogens with zero attached hydrogens (tertiary/aromatic N) is 1. The third kappa shape index (κ3) is 7.30. The van der Waals surface area contributed by atoms with Crippen LogP contribution in [0.5, 0.6) is 0 Å². The number of esters is 1. The monoisotopic (exact) mass is 450 g/mol. The number of hydrogen-bond donors (Lipinski definition) is 4. The van der Waals surface area contributed by atoms with Crippen LogP contribution in [0.4, 0.5) is 0 Å². The van der Waals surface area contributed by atoms with Crippen molar-refractivity contribution in [3.63, 3.8) is 0 Å². The van der Waals surface area contributed by atoms with Gasteiger partial charge < -0.3 is 26.0 Å². The van der Waals surface area contributed by atoms with Crippen molar-refractivity contribution in [2.45, 2.75) is 26.9 Å². The van der Waals surface area contributed by atoms with Crippen LogP contribution in [-0.4, -0.2) is 36.5 Å². The second-order valence-corrected chi connectivity index (χ2v) is 8.20. The van der Waals surface area contributed by atoms with Gasteiger partial charge in [-0.15, -0.1) is 0 Å². The molecule has 0 spiro atoms. The highest BCUT2D eigenvalue weighted by molar-refractivity contribution is 6.09. The lowest BCUT2D eigenvalue weighted by Crippen LogP contribution is -2.21. The molecule has 2 atom stereocenters. The molecule has 0 bridgehead atoms. The molecule has 0 aliphatic heterocycles. The Morgan fingerprint density at radius 1 is 1.21 bits per heavy atom. The molecule has 176 valence electrons. The Balaban J connectivity index is 0.000000237. The van der Waals surface area contributed by atoms with Gasteiger partial charge in [-0.1, -0.05) is 53.6 Å². The summed E-state index contributed by atoms with van der Waals surface area (Å²) in [4.78, 5) is 11.5. The van der Waals surface area contributed by atoms with Crippen LogP contribution in [0.15, 0.2) is 71.6 Å². The zero-order chi connectivity index (χ0) is 24.5. The number of nitrogens with one attached hydrogen (secondary N) is 1. The predicted octanol–water partition coefficient (Wildman–Crippen LogP) is 3.52. The van der Waals surface area contributed by atoms with E-state index in [1.54, 1.807) is 13.2 Å². The summed E-state index contributed by atoms with van der Waals surface area (Å²) in [6.07, 6.45) is 3.57. The molecule has 3 rings (SSSR count). The van der Waals surface area contributed by atoms with E-state index in [-0.39, 0.29) is 18.4 Å². The number of nitrogens with two attached hydrogens (primary N) is 2. The van der Waals surface area contributed by atoms with Crippen molar-refractivity contribution >= 4 is 12.2 Å². The van der Waals surface area contributed by atoms with Crippen LogP contribution >= 0.6 is 0 Å². The van der Waals surface area contributed by atoms with E-state index in [1.807, 2.05) is 25.1 Å². The van der Waals surface area contributed by atoms with E-state index < -0.39 is 5.97 Å². The summed E-state index contributed by atoms with van der Waals surface area (Å²) in [7, 11) is 3.01. The van der Waals surface area contributed by atoms with E-state index in [9.17, 15) is 4.79 Å². The predicted molar refractivity (Wildman–Crippen MR) is 132 cm³/mol. The fourth-order valence-corrected chi connectivity index (χ4v) is 3.69. The molecular formula is C26H34N4O3. The average molecular weight is 451 g/mol. The summed E-state index contributed by atoms with van der Waals surface area (Å²) in [6.45, 7) is 4.01. The molecule has 0 amide bonds. The van der Waals surface area contributed by atoms with Gasteiger partial charge in [0, 0.05) is 31.1 Å². The molecular weight excluding hydrogens is 416 g/mol. The Morgan fingerprint density at radius 3 is 2.39 bits per heavy atom. The summed E-state index contributed by atoms with van der Waals surface area (Å²) in [5, 5.41) is 17.7. The van der Waals surface area contributed by atoms with E-state index in [4.69, 9.17) is 22.1 Å². The van der Waals surface area contributed by atoms with Gasteiger partial charge in [0.1, 0.15) is 0 Å². The van der Waals surface area contributed by atoms with Crippen LogP contribution in [0.25, 0.3) is 11.1 Å². The number of ether oxygens (including phenoxy) is 1. The number of aliphatic hydroxyl groups is 1. The second kappa shape index (κ2) is 12.0. The van der Waals surface area contributed by atoms with Crippen molar-refractivity contribution in [1.82, 2.24) is 5.01 Å². The average Bonchev–Trinajstić information content (AvgIpc) is 3.60. The maximum atomic E-state index is 11.5. The fraction of sp³-hybridized carbons (Fsp3) is 0.308. The van der Waals surface area contributed by atoms with Crippen LogP contribution in [0.3, 0.4) is 0 Å². The van der Waals surface area contributed by atoms with E-state index in [1.165, 1.54) is 23.2 Å². The van der Waals surface area contributed by atoms with Crippen LogP contribution in [-0.2, 0) is 16.1 Å². The minimum Gasteiger partial charge on any atom is -0.465 e. The molecule has 33 heavy (non-hydrogen) atoms. The molecule has 1 unspecified atom stereocenters. The van der Waals surface area contributed by atoms with Gasteiger partial charge in [0.15, 0.2) is 0 Å². The highest BCUT2D eigenvalue weighted by Crippen LogP contribution is 2.48. The molecule has 0 heterocycles. The van der Waals surface area contributed by atoms with Gasteiger partial charge in [0.05, 0.1) is 19.3 Å². The van der Waals surface area contributed by atoms with Crippen molar-refractivity contribution in [3.8, 4) is 11.1 Å². The van der Waals surface area contributed by atoms with Gasteiger partial charge >= 0.3 is 5.97 Å². The largest absolute Gasteiger partial charge is 0.465 e. The number of allylic oxidation sites excluding steroid dienone is 2. The Morgan fingerprint density at radius 2 is 1.85 bits per heavy atom. The smallest absolute Gasteiger partial charge is 0.339 e. The van der Waals surface area contributed by atoms with Crippen molar-refractivity contribution in [1.29, 1.82) is 5.41 Å². The summed E-state index contributed by atoms with van der Waals surface area (Å²) in [5.74, 6) is 5.39. The van der Waals surface area contributed by atoms with Gasteiger partial charge in [-0.25, -0.2) is 10.6 Å². The normalized spacial score (nSPS) is 17.8. The Labute approximate surface area is 195 Å². The molecule has 2 aromatic rings. The standard InChI is InChI=1S/C14H14O.C12H20N4O2/c1-11-4-2-6-13(8-11)14-7-3-5-12(9-14)10-15;1-7(10(5-13)12(17)18-3)8-4-9(8)11(14)6-16(2)15/h2-9,15H,10H2,1H3;5-6,8-9,13H,4,14-15H2,1-3H3/b;10-7-,11-6-,13-5?/t;8-,9?/m.0/s1. The molecule has 2 aromatic carbocycles. The van der Waals surface area contributed by atoms with Gasteiger partial charge in [0.25, 0.3) is 0 Å². The van der Waals surface area contributed by atoms with Crippen LogP contribution in [0.1, 0.15) is 24.5 Å². The third-order valence-electron chi connectivity index (χ3n) is 5.56. The zero-order valence-corrected chi connectivity index (χ0v) is 19.7. The first kappa shape index (κ1) is 25.8. The number of methoxy groups -OCH3 is 1. The van der Waals surface area contributed by atoms with Crippen LogP contribution < -0.4 is 11.6 Å². The van der Waals surface area contributed by atoms with Gasteiger partial charge in [-0.3, -0.25) is 0 Å². The molecule has 1 aliphatic rings. The molecule has 1 saturated carbocycles. The SMILES string of the molecule is COC(=O)/C(C=N)=C(/C)[C@@H]1CC1/C(N)=C/N(C)N.Cc1cccc(-c2cccc(CO)c2)c1. The van der Waals surface area contributed by atoms with Gasteiger partial charge in [0.2, 0.25) is 0 Å². The number of rotatable bonds is 7. The van der Waals surface area contributed by atoms with E-state index in [0.717, 1.165) is 29.3 Å².